The fraction of sp³-hybridized carbons (Fsp3) is 0.824. The topological polar surface area (TPSA) is 29.9 Å². The Morgan fingerprint density at radius 3 is 2.60 bits per heavy atom. The van der Waals surface area contributed by atoms with Crippen molar-refractivity contribution < 1.29 is 0 Å². The van der Waals surface area contributed by atoms with E-state index in [9.17, 15) is 0 Å². The zero-order valence-corrected chi connectivity index (χ0v) is 13.7. The van der Waals surface area contributed by atoms with E-state index in [0.717, 1.165) is 24.8 Å². The second kappa shape index (κ2) is 7.26. The quantitative estimate of drug-likeness (QED) is 0.828. The standard InChI is InChI=1S/C17H31N3/c1-5-16-11-17(20(4)19-16)10-15(12-18-13(2)3)14-8-6-7-9-14/h11,13-15,18H,5-10,12H2,1-4H3. The Balaban J connectivity index is 2.03. The van der Waals surface area contributed by atoms with Crippen molar-refractivity contribution >= 4 is 0 Å². The van der Waals surface area contributed by atoms with E-state index in [4.69, 9.17) is 0 Å². The molecule has 0 aromatic carbocycles. The maximum atomic E-state index is 4.60. The van der Waals surface area contributed by atoms with Gasteiger partial charge in [-0.1, -0.05) is 46.5 Å². The van der Waals surface area contributed by atoms with Gasteiger partial charge in [-0.05, 0) is 37.3 Å². The number of hydrogen-bond donors (Lipinski definition) is 1. The summed E-state index contributed by atoms with van der Waals surface area (Å²) in [6, 6.07) is 2.88. The van der Waals surface area contributed by atoms with E-state index in [-0.39, 0.29) is 0 Å². The van der Waals surface area contributed by atoms with E-state index >= 15 is 0 Å². The van der Waals surface area contributed by atoms with E-state index in [1.54, 1.807) is 0 Å². The van der Waals surface area contributed by atoms with Gasteiger partial charge in [-0.25, -0.2) is 0 Å². The van der Waals surface area contributed by atoms with Gasteiger partial charge in [0.05, 0.1) is 5.69 Å². The van der Waals surface area contributed by atoms with Crippen molar-refractivity contribution in [3.63, 3.8) is 0 Å². The molecule has 1 aliphatic rings. The van der Waals surface area contributed by atoms with E-state index in [2.05, 4.69) is 49.0 Å². The van der Waals surface area contributed by atoms with Gasteiger partial charge in [0, 0.05) is 18.8 Å². The van der Waals surface area contributed by atoms with Crippen LogP contribution in [-0.4, -0.2) is 22.4 Å². The molecule has 0 aliphatic heterocycles. The lowest BCUT2D eigenvalue weighted by molar-refractivity contribution is 0.308. The average Bonchev–Trinajstić information content (AvgIpc) is 3.04. The molecule has 1 aliphatic carbocycles. The van der Waals surface area contributed by atoms with Crippen LogP contribution in [0.1, 0.15) is 57.8 Å². The predicted octanol–water partition coefficient (Wildman–Crippen LogP) is 3.33. The first-order valence-corrected chi connectivity index (χ1v) is 8.35. The van der Waals surface area contributed by atoms with Crippen molar-refractivity contribution in [3.05, 3.63) is 17.5 Å². The first-order valence-electron chi connectivity index (χ1n) is 8.35. The third kappa shape index (κ3) is 4.08. The van der Waals surface area contributed by atoms with E-state index < -0.39 is 0 Å². The number of hydrogen-bond acceptors (Lipinski definition) is 2. The van der Waals surface area contributed by atoms with Crippen molar-refractivity contribution in [2.24, 2.45) is 18.9 Å². The molecule has 3 nitrogen and oxygen atoms in total. The van der Waals surface area contributed by atoms with Crippen LogP contribution in [-0.2, 0) is 19.9 Å². The molecule has 1 heterocycles. The lowest BCUT2D eigenvalue weighted by Crippen LogP contribution is -2.33. The minimum Gasteiger partial charge on any atom is -0.314 e. The largest absolute Gasteiger partial charge is 0.314 e. The van der Waals surface area contributed by atoms with Crippen molar-refractivity contribution in [3.8, 4) is 0 Å². The molecule has 0 saturated heterocycles. The molecule has 2 rings (SSSR count). The van der Waals surface area contributed by atoms with Gasteiger partial charge in [-0.2, -0.15) is 5.10 Å². The molecule has 0 bridgehead atoms. The number of nitrogens with one attached hydrogen (secondary N) is 1. The summed E-state index contributed by atoms with van der Waals surface area (Å²) in [6.07, 6.45) is 7.90. The van der Waals surface area contributed by atoms with E-state index in [1.165, 1.54) is 43.5 Å². The minimum atomic E-state index is 0.580. The van der Waals surface area contributed by atoms with Crippen LogP contribution < -0.4 is 5.32 Å². The molecule has 114 valence electrons. The average molecular weight is 277 g/mol. The summed E-state index contributed by atoms with van der Waals surface area (Å²) in [7, 11) is 2.09. The molecule has 1 N–H and O–H groups in total. The molecule has 1 fully saturated rings. The van der Waals surface area contributed by atoms with Gasteiger partial charge in [0.1, 0.15) is 0 Å². The third-order valence-electron chi connectivity index (χ3n) is 4.72. The number of rotatable bonds is 7. The van der Waals surface area contributed by atoms with Crippen LogP contribution >= 0.6 is 0 Å². The second-order valence-electron chi connectivity index (χ2n) is 6.68. The molecule has 0 radical (unpaired) electrons. The van der Waals surface area contributed by atoms with E-state index in [1.807, 2.05) is 0 Å². The maximum Gasteiger partial charge on any atom is 0.0624 e. The fourth-order valence-corrected chi connectivity index (χ4v) is 3.43. The van der Waals surface area contributed by atoms with Crippen molar-refractivity contribution in [2.45, 2.75) is 65.3 Å². The minimum absolute atomic E-state index is 0.580. The zero-order valence-electron chi connectivity index (χ0n) is 13.7. The first-order chi connectivity index (χ1) is 9.60. The highest BCUT2D eigenvalue weighted by molar-refractivity contribution is 5.11. The Bertz CT molecular complexity index is 402. The normalized spacial score (nSPS) is 18.1. The van der Waals surface area contributed by atoms with Gasteiger partial charge in [0.2, 0.25) is 0 Å². The van der Waals surface area contributed by atoms with Crippen LogP contribution in [0.2, 0.25) is 0 Å². The summed E-state index contributed by atoms with van der Waals surface area (Å²) in [4.78, 5) is 0. The molecular weight excluding hydrogens is 246 g/mol. The summed E-state index contributed by atoms with van der Waals surface area (Å²) in [5, 5.41) is 8.25. The predicted molar refractivity (Wildman–Crippen MR) is 84.9 cm³/mol. The van der Waals surface area contributed by atoms with Gasteiger partial charge in [-0.3, -0.25) is 4.68 Å². The summed E-state index contributed by atoms with van der Waals surface area (Å²) in [5.74, 6) is 1.67. The summed E-state index contributed by atoms with van der Waals surface area (Å²) in [5.41, 5.74) is 2.63. The maximum absolute atomic E-state index is 4.60. The Labute approximate surface area is 124 Å². The molecule has 0 amide bonds. The van der Waals surface area contributed by atoms with Crippen LogP contribution in [0.25, 0.3) is 0 Å². The van der Waals surface area contributed by atoms with Crippen LogP contribution in [0.3, 0.4) is 0 Å². The Morgan fingerprint density at radius 2 is 2.05 bits per heavy atom. The highest BCUT2D eigenvalue weighted by Gasteiger charge is 2.26. The lowest BCUT2D eigenvalue weighted by atomic mass is 9.86. The molecular formula is C17H31N3. The molecule has 1 atom stereocenters. The highest BCUT2D eigenvalue weighted by atomic mass is 15.3. The number of nitrogens with zero attached hydrogens (tertiary/aromatic N) is 2. The van der Waals surface area contributed by atoms with Crippen molar-refractivity contribution in [1.82, 2.24) is 15.1 Å². The van der Waals surface area contributed by atoms with E-state index in [0.29, 0.717) is 6.04 Å². The van der Waals surface area contributed by atoms with Crippen molar-refractivity contribution in [2.75, 3.05) is 6.54 Å². The van der Waals surface area contributed by atoms with Gasteiger partial charge in [-0.15, -0.1) is 0 Å². The smallest absolute Gasteiger partial charge is 0.0624 e. The second-order valence-corrected chi connectivity index (χ2v) is 6.68. The molecule has 20 heavy (non-hydrogen) atoms. The van der Waals surface area contributed by atoms with Gasteiger partial charge in [0.25, 0.3) is 0 Å². The Hall–Kier alpha value is -0.830. The highest BCUT2D eigenvalue weighted by Crippen LogP contribution is 2.33. The molecule has 1 aromatic rings. The molecule has 1 unspecified atom stereocenters. The third-order valence-corrected chi connectivity index (χ3v) is 4.72. The monoisotopic (exact) mass is 277 g/mol. The first kappa shape index (κ1) is 15.6. The molecule has 1 saturated carbocycles. The summed E-state index contributed by atoms with van der Waals surface area (Å²) >= 11 is 0. The van der Waals surface area contributed by atoms with Gasteiger partial charge >= 0.3 is 0 Å². The number of aromatic nitrogens is 2. The van der Waals surface area contributed by atoms with Crippen LogP contribution in [0.15, 0.2) is 6.07 Å². The summed E-state index contributed by atoms with van der Waals surface area (Å²) in [6.45, 7) is 7.81. The Morgan fingerprint density at radius 1 is 1.35 bits per heavy atom. The van der Waals surface area contributed by atoms with Gasteiger partial charge in [0.15, 0.2) is 0 Å². The molecule has 0 spiro atoms. The van der Waals surface area contributed by atoms with Crippen molar-refractivity contribution in [1.29, 1.82) is 0 Å². The van der Waals surface area contributed by atoms with Crippen LogP contribution in [0.5, 0.6) is 0 Å². The van der Waals surface area contributed by atoms with Gasteiger partial charge < -0.3 is 5.32 Å². The fourth-order valence-electron chi connectivity index (χ4n) is 3.43. The molecule has 1 aromatic heterocycles. The Kier molecular flexibility index (Phi) is 5.64. The summed E-state index contributed by atoms with van der Waals surface area (Å²) < 4.78 is 2.09. The van der Waals surface area contributed by atoms with Crippen LogP contribution in [0, 0.1) is 11.8 Å². The molecule has 3 heteroatoms. The number of aryl methyl sites for hydroxylation is 2. The zero-order chi connectivity index (χ0) is 14.5. The lowest BCUT2D eigenvalue weighted by Gasteiger charge is -2.25. The SMILES string of the molecule is CCc1cc(CC(CNC(C)C)C2CCCC2)n(C)n1. The van der Waals surface area contributed by atoms with Crippen LogP contribution in [0.4, 0.5) is 0 Å².